The second-order valence-electron chi connectivity index (χ2n) is 5.42. The highest BCUT2D eigenvalue weighted by Crippen LogP contribution is 2.18. The fourth-order valence-electron chi connectivity index (χ4n) is 1.34. The van der Waals surface area contributed by atoms with Gasteiger partial charge in [-0.05, 0) is 18.3 Å². The zero-order chi connectivity index (χ0) is 11.9. The molecule has 0 saturated heterocycles. The van der Waals surface area contributed by atoms with Gasteiger partial charge in [0, 0.05) is 0 Å². The molecule has 0 heterocycles. The molecule has 0 aliphatic rings. The van der Waals surface area contributed by atoms with Gasteiger partial charge in [-0.3, -0.25) is 4.79 Å². The SMILES string of the molecule is CCCCC(CC)C(=O)OCC(C)(C)C. The van der Waals surface area contributed by atoms with Gasteiger partial charge in [-0.25, -0.2) is 0 Å². The largest absolute Gasteiger partial charge is 0.465 e. The van der Waals surface area contributed by atoms with Crippen molar-refractivity contribution in [1.82, 2.24) is 0 Å². The van der Waals surface area contributed by atoms with Crippen molar-refractivity contribution >= 4 is 5.97 Å². The molecule has 90 valence electrons. The highest BCUT2D eigenvalue weighted by Gasteiger charge is 2.20. The molecule has 0 N–H and O–H groups in total. The number of ether oxygens (including phenoxy) is 1. The van der Waals surface area contributed by atoms with Crippen molar-refractivity contribution in [1.29, 1.82) is 0 Å². The minimum atomic E-state index is -0.0131. The Bertz CT molecular complexity index is 179. The molecule has 15 heavy (non-hydrogen) atoms. The number of hydrogen-bond donors (Lipinski definition) is 0. The molecule has 2 heteroatoms. The highest BCUT2D eigenvalue weighted by molar-refractivity contribution is 5.72. The summed E-state index contributed by atoms with van der Waals surface area (Å²) in [6, 6.07) is 0. The molecule has 0 aromatic carbocycles. The van der Waals surface area contributed by atoms with Gasteiger partial charge in [0.1, 0.15) is 0 Å². The van der Waals surface area contributed by atoms with E-state index in [4.69, 9.17) is 4.74 Å². The quantitative estimate of drug-likeness (QED) is 0.629. The van der Waals surface area contributed by atoms with Gasteiger partial charge in [-0.15, -0.1) is 0 Å². The van der Waals surface area contributed by atoms with Crippen LogP contribution < -0.4 is 0 Å². The summed E-state index contributed by atoms with van der Waals surface area (Å²) in [6.07, 6.45) is 4.12. The van der Waals surface area contributed by atoms with Crippen molar-refractivity contribution in [2.24, 2.45) is 11.3 Å². The third-order valence-corrected chi connectivity index (χ3v) is 2.38. The van der Waals surface area contributed by atoms with Gasteiger partial charge >= 0.3 is 5.97 Å². The Kier molecular flexibility index (Phi) is 6.62. The fraction of sp³-hybridized carbons (Fsp3) is 0.923. The molecule has 0 rings (SSSR count). The second-order valence-corrected chi connectivity index (χ2v) is 5.42. The van der Waals surface area contributed by atoms with E-state index in [1.807, 2.05) is 0 Å². The van der Waals surface area contributed by atoms with Crippen LogP contribution in [-0.4, -0.2) is 12.6 Å². The minimum Gasteiger partial charge on any atom is -0.465 e. The van der Waals surface area contributed by atoms with Gasteiger partial charge in [0.25, 0.3) is 0 Å². The number of carbonyl (C=O) groups is 1. The summed E-state index contributed by atoms with van der Waals surface area (Å²) in [7, 11) is 0. The van der Waals surface area contributed by atoms with E-state index in [2.05, 4.69) is 34.6 Å². The highest BCUT2D eigenvalue weighted by atomic mass is 16.5. The van der Waals surface area contributed by atoms with Crippen LogP contribution in [0.25, 0.3) is 0 Å². The number of carbonyl (C=O) groups excluding carboxylic acids is 1. The van der Waals surface area contributed by atoms with Crippen molar-refractivity contribution < 1.29 is 9.53 Å². The smallest absolute Gasteiger partial charge is 0.308 e. The van der Waals surface area contributed by atoms with Crippen LogP contribution in [-0.2, 0) is 9.53 Å². The Morgan fingerprint density at radius 1 is 1.27 bits per heavy atom. The molecule has 1 atom stereocenters. The molecule has 0 aromatic heterocycles. The lowest BCUT2D eigenvalue weighted by atomic mass is 9.97. The number of unbranched alkanes of at least 4 members (excludes halogenated alkanes) is 1. The van der Waals surface area contributed by atoms with E-state index >= 15 is 0 Å². The van der Waals surface area contributed by atoms with Gasteiger partial charge < -0.3 is 4.74 Å². The Hall–Kier alpha value is -0.530. The molecule has 0 spiro atoms. The molecule has 0 aliphatic carbocycles. The van der Waals surface area contributed by atoms with E-state index in [0.29, 0.717) is 6.61 Å². The average molecular weight is 214 g/mol. The molecule has 0 saturated carbocycles. The van der Waals surface area contributed by atoms with Crippen molar-refractivity contribution in [2.45, 2.75) is 60.3 Å². The van der Waals surface area contributed by atoms with Crippen molar-refractivity contribution in [3.8, 4) is 0 Å². The van der Waals surface area contributed by atoms with Crippen LogP contribution in [0.4, 0.5) is 0 Å². The van der Waals surface area contributed by atoms with Crippen molar-refractivity contribution in [2.75, 3.05) is 6.61 Å². The summed E-state index contributed by atoms with van der Waals surface area (Å²) in [6.45, 7) is 11.0. The summed E-state index contributed by atoms with van der Waals surface area (Å²) >= 11 is 0. The third-order valence-electron chi connectivity index (χ3n) is 2.38. The topological polar surface area (TPSA) is 26.3 Å². The van der Waals surface area contributed by atoms with Crippen LogP contribution in [0.5, 0.6) is 0 Å². The van der Waals surface area contributed by atoms with Crippen LogP contribution in [0, 0.1) is 11.3 Å². The monoisotopic (exact) mass is 214 g/mol. The van der Waals surface area contributed by atoms with Crippen molar-refractivity contribution in [3.63, 3.8) is 0 Å². The summed E-state index contributed by atoms with van der Waals surface area (Å²) < 4.78 is 5.32. The molecule has 0 aliphatic heterocycles. The van der Waals surface area contributed by atoms with E-state index < -0.39 is 0 Å². The fourth-order valence-corrected chi connectivity index (χ4v) is 1.34. The summed E-state index contributed by atoms with van der Waals surface area (Å²) in [5, 5.41) is 0. The van der Waals surface area contributed by atoms with E-state index in [0.717, 1.165) is 25.7 Å². The zero-order valence-corrected chi connectivity index (χ0v) is 10.9. The predicted molar refractivity (Wildman–Crippen MR) is 63.7 cm³/mol. The lowest BCUT2D eigenvalue weighted by Crippen LogP contribution is -2.23. The van der Waals surface area contributed by atoms with Crippen LogP contribution >= 0.6 is 0 Å². The molecule has 0 radical (unpaired) electrons. The number of rotatable bonds is 6. The molecule has 1 unspecified atom stereocenters. The van der Waals surface area contributed by atoms with Crippen molar-refractivity contribution in [3.05, 3.63) is 0 Å². The van der Waals surface area contributed by atoms with Crippen LogP contribution in [0.3, 0.4) is 0 Å². The summed E-state index contributed by atoms with van der Waals surface area (Å²) in [5.74, 6) is 0.0909. The van der Waals surface area contributed by atoms with Crippen LogP contribution in [0.2, 0.25) is 0 Å². The predicted octanol–water partition coefficient (Wildman–Crippen LogP) is 3.79. The number of hydrogen-bond acceptors (Lipinski definition) is 2. The lowest BCUT2D eigenvalue weighted by Gasteiger charge is -2.20. The molecule has 0 amide bonds. The van der Waals surface area contributed by atoms with Gasteiger partial charge in [0.05, 0.1) is 12.5 Å². The Morgan fingerprint density at radius 2 is 1.87 bits per heavy atom. The summed E-state index contributed by atoms with van der Waals surface area (Å²) in [4.78, 5) is 11.7. The van der Waals surface area contributed by atoms with Crippen LogP contribution in [0.1, 0.15) is 60.3 Å². The molecule has 2 nitrogen and oxygen atoms in total. The molecule has 0 aromatic rings. The third kappa shape index (κ3) is 7.40. The molecular weight excluding hydrogens is 188 g/mol. The van der Waals surface area contributed by atoms with Gasteiger partial charge in [-0.1, -0.05) is 47.5 Å². The second kappa shape index (κ2) is 6.86. The molecule has 0 bridgehead atoms. The van der Waals surface area contributed by atoms with Gasteiger partial charge in [0.15, 0.2) is 0 Å². The van der Waals surface area contributed by atoms with E-state index in [1.165, 1.54) is 0 Å². The van der Waals surface area contributed by atoms with Crippen LogP contribution in [0.15, 0.2) is 0 Å². The standard InChI is InChI=1S/C13H26O2/c1-6-8-9-11(7-2)12(14)15-10-13(3,4)5/h11H,6-10H2,1-5H3. The molecule has 0 fully saturated rings. The Morgan fingerprint density at radius 3 is 2.27 bits per heavy atom. The van der Waals surface area contributed by atoms with E-state index in [9.17, 15) is 4.79 Å². The normalized spacial score (nSPS) is 13.7. The maximum absolute atomic E-state index is 11.7. The van der Waals surface area contributed by atoms with E-state index in [-0.39, 0.29) is 17.3 Å². The molecular formula is C13H26O2. The first-order chi connectivity index (χ1) is 6.90. The Balaban J connectivity index is 3.94. The lowest BCUT2D eigenvalue weighted by molar-refractivity contribution is -0.151. The first-order valence-corrected chi connectivity index (χ1v) is 6.07. The maximum atomic E-state index is 11.7. The van der Waals surface area contributed by atoms with Gasteiger partial charge in [-0.2, -0.15) is 0 Å². The first kappa shape index (κ1) is 14.5. The zero-order valence-electron chi connectivity index (χ0n) is 10.9. The number of esters is 1. The minimum absolute atomic E-state index is 0.0131. The average Bonchev–Trinajstić information content (AvgIpc) is 2.15. The van der Waals surface area contributed by atoms with E-state index in [1.54, 1.807) is 0 Å². The first-order valence-electron chi connectivity index (χ1n) is 6.07. The summed E-state index contributed by atoms with van der Waals surface area (Å²) in [5.41, 5.74) is 0.0682. The van der Waals surface area contributed by atoms with Gasteiger partial charge in [0.2, 0.25) is 0 Å². The maximum Gasteiger partial charge on any atom is 0.308 e. The Labute approximate surface area is 94.4 Å².